The van der Waals surface area contributed by atoms with Crippen molar-refractivity contribution < 1.29 is 14.8 Å². The average Bonchev–Trinajstić information content (AvgIpc) is 2.27. The molecule has 6 nitrogen and oxygen atoms in total. The number of nitro benzene ring substituents is 1. The van der Waals surface area contributed by atoms with Gasteiger partial charge in [-0.25, -0.2) is 0 Å². The molecule has 0 aliphatic rings. The summed E-state index contributed by atoms with van der Waals surface area (Å²) in [7, 11) is 0. The molecule has 0 aliphatic heterocycles. The van der Waals surface area contributed by atoms with Crippen LogP contribution >= 0.6 is 0 Å². The minimum Gasteiger partial charge on any atom is -0.481 e. The molecule has 0 amide bonds. The van der Waals surface area contributed by atoms with E-state index in [-0.39, 0.29) is 12.1 Å². The smallest absolute Gasteiger partial charge is 0.305 e. The summed E-state index contributed by atoms with van der Waals surface area (Å²) in [6, 6.07) is 6.16. The number of carboxylic acid groups (broad SMARTS) is 1. The first kappa shape index (κ1) is 15.1. The number of nitro groups is 1. The summed E-state index contributed by atoms with van der Waals surface area (Å²) < 4.78 is 0. The second-order valence-corrected chi connectivity index (χ2v) is 4.79. The fourth-order valence-corrected chi connectivity index (χ4v) is 2.22. The zero-order valence-electron chi connectivity index (χ0n) is 10.8. The second kappa shape index (κ2) is 6.29. The molecule has 0 radical (unpaired) electrons. The lowest BCUT2D eigenvalue weighted by atomic mass is 9.84. The quantitative estimate of drug-likeness (QED) is 0.580. The third-order valence-corrected chi connectivity index (χ3v) is 2.93. The fourth-order valence-electron chi connectivity index (χ4n) is 2.22. The van der Waals surface area contributed by atoms with Crippen molar-refractivity contribution in [1.29, 1.82) is 0 Å². The van der Waals surface area contributed by atoms with Gasteiger partial charge >= 0.3 is 5.97 Å². The lowest BCUT2D eigenvalue weighted by molar-refractivity contribution is -0.384. The van der Waals surface area contributed by atoms with Crippen LogP contribution < -0.4 is 5.73 Å². The molecule has 0 saturated heterocycles. The van der Waals surface area contributed by atoms with Gasteiger partial charge in [0, 0.05) is 17.7 Å². The molecule has 1 atom stereocenters. The zero-order valence-corrected chi connectivity index (χ0v) is 10.8. The third-order valence-electron chi connectivity index (χ3n) is 2.93. The second-order valence-electron chi connectivity index (χ2n) is 4.79. The highest BCUT2D eigenvalue weighted by atomic mass is 16.6. The molecule has 19 heavy (non-hydrogen) atoms. The van der Waals surface area contributed by atoms with Gasteiger partial charge in [-0.15, -0.1) is 0 Å². The number of nitrogens with two attached hydrogens (primary N) is 1. The van der Waals surface area contributed by atoms with Crippen LogP contribution in [-0.4, -0.2) is 21.5 Å². The topological polar surface area (TPSA) is 106 Å². The Morgan fingerprint density at radius 1 is 1.53 bits per heavy atom. The van der Waals surface area contributed by atoms with Crippen LogP contribution in [0.15, 0.2) is 24.3 Å². The number of benzene rings is 1. The third kappa shape index (κ3) is 4.67. The number of non-ortho nitro benzene ring substituents is 1. The molecule has 0 fully saturated rings. The predicted octanol–water partition coefficient (Wildman–Crippen LogP) is 2.11. The molecule has 0 bridgehead atoms. The normalized spacial score (nSPS) is 13.8. The molecule has 1 aromatic rings. The average molecular weight is 266 g/mol. The summed E-state index contributed by atoms with van der Waals surface area (Å²) >= 11 is 0. The minimum atomic E-state index is -0.957. The van der Waals surface area contributed by atoms with Crippen molar-refractivity contribution in [3.63, 3.8) is 0 Å². The van der Waals surface area contributed by atoms with Crippen LogP contribution in [0.4, 0.5) is 5.69 Å². The van der Waals surface area contributed by atoms with E-state index in [9.17, 15) is 14.9 Å². The Balaban J connectivity index is 2.92. The molecule has 3 N–H and O–H groups in total. The number of aliphatic carboxylic acids is 1. The molecular formula is C13H18N2O4. The molecule has 1 aromatic carbocycles. The molecule has 0 aromatic heterocycles. The van der Waals surface area contributed by atoms with E-state index < -0.39 is 16.4 Å². The van der Waals surface area contributed by atoms with E-state index in [4.69, 9.17) is 10.8 Å². The Kier molecular flexibility index (Phi) is 5.00. The number of hydrogen-bond acceptors (Lipinski definition) is 4. The summed E-state index contributed by atoms with van der Waals surface area (Å²) in [5, 5.41) is 19.6. The number of carbonyl (C=O) groups is 1. The summed E-state index contributed by atoms with van der Waals surface area (Å²) in [5.74, 6) is -0.957. The number of carboxylic acids is 1. The standard InChI is InChI=1S/C13H18N2O4/c1-2-6-13(14,9-12(16)17)8-10-4-3-5-11(7-10)15(18)19/h3-5,7H,2,6,8-9,14H2,1H3,(H,16,17)/t13-/m0/s1. The first-order valence-electron chi connectivity index (χ1n) is 6.10. The first-order chi connectivity index (χ1) is 8.86. The summed E-state index contributed by atoms with van der Waals surface area (Å²) in [5.41, 5.74) is 5.93. The molecule has 104 valence electrons. The summed E-state index contributed by atoms with van der Waals surface area (Å²) in [6.45, 7) is 1.93. The predicted molar refractivity (Wildman–Crippen MR) is 70.9 cm³/mol. The van der Waals surface area contributed by atoms with Crippen LogP contribution in [-0.2, 0) is 11.2 Å². The van der Waals surface area contributed by atoms with E-state index in [1.807, 2.05) is 6.92 Å². The van der Waals surface area contributed by atoms with Crippen molar-refractivity contribution in [2.75, 3.05) is 0 Å². The van der Waals surface area contributed by atoms with Gasteiger partial charge in [-0.1, -0.05) is 25.5 Å². The molecule has 0 saturated carbocycles. The number of rotatable bonds is 7. The Morgan fingerprint density at radius 3 is 2.74 bits per heavy atom. The molecule has 0 aliphatic carbocycles. The Bertz CT molecular complexity index is 475. The van der Waals surface area contributed by atoms with Crippen LogP contribution in [0.1, 0.15) is 31.7 Å². The van der Waals surface area contributed by atoms with Gasteiger partial charge in [-0.05, 0) is 18.4 Å². The fraction of sp³-hybridized carbons (Fsp3) is 0.462. The van der Waals surface area contributed by atoms with Crippen LogP contribution in [0.3, 0.4) is 0 Å². The molecule has 0 heterocycles. The van der Waals surface area contributed by atoms with Crippen LogP contribution in [0.25, 0.3) is 0 Å². The van der Waals surface area contributed by atoms with E-state index in [0.29, 0.717) is 18.4 Å². The highest BCUT2D eigenvalue weighted by molar-refractivity contribution is 5.68. The van der Waals surface area contributed by atoms with Crippen molar-refractivity contribution in [3.8, 4) is 0 Å². The van der Waals surface area contributed by atoms with Gasteiger partial charge in [0.2, 0.25) is 0 Å². The van der Waals surface area contributed by atoms with Crippen LogP contribution in [0, 0.1) is 10.1 Å². The van der Waals surface area contributed by atoms with Crippen molar-refractivity contribution in [2.45, 2.75) is 38.1 Å². The van der Waals surface area contributed by atoms with Gasteiger partial charge in [0.1, 0.15) is 0 Å². The van der Waals surface area contributed by atoms with Crippen molar-refractivity contribution in [2.24, 2.45) is 5.73 Å². The van der Waals surface area contributed by atoms with Gasteiger partial charge in [0.15, 0.2) is 0 Å². The van der Waals surface area contributed by atoms with E-state index in [1.165, 1.54) is 12.1 Å². The van der Waals surface area contributed by atoms with Crippen molar-refractivity contribution in [3.05, 3.63) is 39.9 Å². The lowest BCUT2D eigenvalue weighted by Gasteiger charge is -2.27. The number of hydrogen-bond donors (Lipinski definition) is 2. The molecule has 0 unspecified atom stereocenters. The first-order valence-corrected chi connectivity index (χ1v) is 6.10. The van der Waals surface area contributed by atoms with Gasteiger partial charge < -0.3 is 10.8 Å². The van der Waals surface area contributed by atoms with Gasteiger partial charge in [-0.3, -0.25) is 14.9 Å². The van der Waals surface area contributed by atoms with Gasteiger partial charge in [-0.2, -0.15) is 0 Å². The maximum Gasteiger partial charge on any atom is 0.305 e. The SMILES string of the molecule is CCC[C@@](N)(CC(=O)O)Cc1cccc([N+](=O)[O-])c1. The Morgan fingerprint density at radius 2 is 2.21 bits per heavy atom. The van der Waals surface area contributed by atoms with Crippen molar-refractivity contribution in [1.82, 2.24) is 0 Å². The Labute approximate surface area is 111 Å². The largest absolute Gasteiger partial charge is 0.481 e. The van der Waals surface area contributed by atoms with E-state index in [1.54, 1.807) is 12.1 Å². The Hall–Kier alpha value is -1.95. The lowest BCUT2D eigenvalue weighted by Crippen LogP contribution is -2.44. The highest BCUT2D eigenvalue weighted by Crippen LogP contribution is 2.23. The van der Waals surface area contributed by atoms with Gasteiger partial charge in [0.05, 0.1) is 11.3 Å². The summed E-state index contributed by atoms with van der Waals surface area (Å²) in [4.78, 5) is 21.1. The highest BCUT2D eigenvalue weighted by Gasteiger charge is 2.28. The minimum absolute atomic E-state index is 0.00771. The van der Waals surface area contributed by atoms with Crippen LogP contribution in [0.5, 0.6) is 0 Å². The molecule has 0 spiro atoms. The molecular weight excluding hydrogens is 248 g/mol. The van der Waals surface area contributed by atoms with Gasteiger partial charge in [0.25, 0.3) is 5.69 Å². The van der Waals surface area contributed by atoms with Crippen molar-refractivity contribution >= 4 is 11.7 Å². The molecule has 6 heteroatoms. The molecule has 1 rings (SSSR count). The van der Waals surface area contributed by atoms with E-state index >= 15 is 0 Å². The zero-order chi connectivity index (χ0) is 14.5. The van der Waals surface area contributed by atoms with Crippen LogP contribution in [0.2, 0.25) is 0 Å². The van der Waals surface area contributed by atoms with E-state index in [2.05, 4.69) is 0 Å². The monoisotopic (exact) mass is 266 g/mol. The summed E-state index contributed by atoms with van der Waals surface area (Å²) in [6.07, 6.45) is 1.49. The maximum atomic E-state index is 10.9. The maximum absolute atomic E-state index is 10.9. The van der Waals surface area contributed by atoms with E-state index in [0.717, 1.165) is 6.42 Å². The number of nitrogens with zero attached hydrogens (tertiary/aromatic N) is 1.